The standard InChI is InChI=1S/C16H16Cl2N2O/c1-20(2)12-8-6-11(7-9-12)10-19-16(21)15-13(17)4-3-5-14(15)18/h3-9H,10H2,1-2H3,(H,19,21). The maximum absolute atomic E-state index is 12.1. The van der Waals surface area contributed by atoms with Crippen LogP contribution in [-0.2, 0) is 6.54 Å². The van der Waals surface area contributed by atoms with Crippen molar-refractivity contribution in [3.8, 4) is 0 Å². The first-order chi connectivity index (χ1) is 9.99. The van der Waals surface area contributed by atoms with Crippen LogP contribution in [0.2, 0.25) is 10.0 Å². The molecule has 0 aromatic heterocycles. The Bertz CT molecular complexity index is 619. The van der Waals surface area contributed by atoms with E-state index in [1.807, 2.05) is 43.3 Å². The lowest BCUT2D eigenvalue weighted by Gasteiger charge is -2.13. The van der Waals surface area contributed by atoms with Gasteiger partial charge >= 0.3 is 0 Å². The van der Waals surface area contributed by atoms with Crippen molar-refractivity contribution in [1.29, 1.82) is 0 Å². The molecular formula is C16H16Cl2N2O. The summed E-state index contributed by atoms with van der Waals surface area (Å²) in [6.07, 6.45) is 0. The summed E-state index contributed by atoms with van der Waals surface area (Å²) in [5.41, 5.74) is 2.43. The number of nitrogens with zero attached hydrogens (tertiary/aromatic N) is 1. The molecule has 0 saturated carbocycles. The van der Waals surface area contributed by atoms with Crippen LogP contribution in [-0.4, -0.2) is 20.0 Å². The number of carbonyl (C=O) groups is 1. The van der Waals surface area contributed by atoms with E-state index in [9.17, 15) is 4.79 Å². The molecule has 0 bridgehead atoms. The Balaban J connectivity index is 2.04. The third-order valence-corrected chi connectivity index (χ3v) is 3.73. The lowest BCUT2D eigenvalue weighted by molar-refractivity contribution is 0.0951. The molecule has 0 radical (unpaired) electrons. The Kier molecular flexibility index (Phi) is 5.10. The van der Waals surface area contributed by atoms with Gasteiger partial charge in [0.25, 0.3) is 5.91 Å². The zero-order valence-electron chi connectivity index (χ0n) is 11.9. The van der Waals surface area contributed by atoms with E-state index >= 15 is 0 Å². The molecule has 2 aromatic carbocycles. The number of carbonyl (C=O) groups excluding carboxylic acids is 1. The van der Waals surface area contributed by atoms with Crippen LogP contribution < -0.4 is 10.2 Å². The third kappa shape index (κ3) is 3.90. The minimum atomic E-state index is -0.276. The topological polar surface area (TPSA) is 32.3 Å². The summed E-state index contributed by atoms with van der Waals surface area (Å²) in [5, 5.41) is 3.52. The van der Waals surface area contributed by atoms with E-state index in [4.69, 9.17) is 23.2 Å². The van der Waals surface area contributed by atoms with Crippen LogP contribution in [0, 0.1) is 0 Å². The molecule has 0 unspecified atom stereocenters. The first-order valence-corrected chi connectivity index (χ1v) is 7.23. The molecule has 0 aliphatic rings. The van der Waals surface area contributed by atoms with E-state index in [0.29, 0.717) is 22.2 Å². The fourth-order valence-corrected chi connectivity index (χ4v) is 2.47. The lowest BCUT2D eigenvalue weighted by atomic mass is 10.1. The van der Waals surface area contributed by atoms with Crippen molar-refractivity contribution < 1.29 is 4.79 Å². The molecule has 0 fully saturated rings. The van der Waals surface area contributed by atoms with E-state index in [-0.39, 0.29) is 5.91 Å². The van der Waals surface area contributed by atoms with Gasteiger partial charge < -0.3 is 10.2 Å². The number of hydrogen-bond donors (Lipinski definition) is 1. The molecule has 0 spiro atoms. The van der Waals surface area contributed by atoms with Gasteiger partial charge in [0.1, 0.15) is 0 Å². The van der Waals surface area contributed by atoms with Crippen LogP contribution in [0.15, 0.2) is 42.5 Å². The Morgan fingerprint density at radius 3 is 2.14 bits per heavy atom. The third-order valence-electron chi connectivity index (χ3n) is 3.10. The SMILES string of the molecule is CN(C)c1ccc(CNC(=O)c2c(Cl)cccc2Cl)cc1. The predicted molar refractivity (Wildman–Crippen MR) is 88.4 cm³/mol. The van der Waals surface area contributed by atoms with Crippen molar-refractivity contribution in [2.45, 2.75) is 6.54 Å². The van der Waals surface area contributed by atoms with E-state index in [0.717, 1.165) is 11.3 Å². The number of nitrogens with one attached hydrogen (secondary N) is 1. The molecule has 2 aromatic rings. The van der Waals surface area contributed by atoms with E-state index < -0.39 is 0 Å². The maximum Gasteiger partial charge on any atom is 0.254 e. The van der Waals surface area contributed by atoms with Crippen molar-refractivity contribution in [3.63, 3.8) is 0 Å². The van der Waals surface area contributed by atoms with Gasteiger partial charge in [-0.3, -0.25) is 4.79 Å². The number of hydrogen-bond acceptors (Lipinski definition) is 2. The highest BCUT2D eigenvalue weighted by Gasteiger charge is 2.13. The van der Waals surface area contributed by atoms with Gasteiger partial charge in [-0.2, -0.15) is 0 Å². The van der Waals surface area contributed by atoms with Crippen molar-refractivity contribution in [2.75, 3.05) is 19.0 Å². The largest absolute Gasteiger partial charge is 0.378 e. The molecule has 2 rings (SSSR count). The molecule has 21 heavy (non-hydrogen) atoms. The molecular weight excluding hydrogens is 307 g/mol. The zero-order valence-corrected chi connectivity index (χ0v) is 13.4. The van der Waals surface area contributed by atoms with Crippen LogP contribution in [0.1, 0.15) is 15.9 Å². The molecule has 0 saturated heterocycles. The fourth-order valence-electron chi connectivity index (χ4n) is 1.90. The average molecular weight is 323 g/mol. The number of anilines is 1. The molecule has 0 atom stereocenters. The summed E-state index contributed by atoms with van der Waals surface area (Å²) in [6, 6.07) is 13.0. The minimum Gasteiger partial charge on any atom is -0.378 e. The van der Waals surface area contributed by atoms with Gasteiger partial charge in [-0.25, -0.2) is 0 Å². The summed E-state index contributed by atoms with van der Waals surface area (Å²) in [5.74, 6) is -0.276. The summed E-state index contributed by atoms with van der Waals surface area (Å²) in [4.78, 5) is 14.2. The molecule has 1 amide bonds. The Hall–Kier alpha value is -1.71. The van der Waals surface area contributed by atoms with Crippen LogP contribution in [0.3, 0.4) is 0 Å². The second kappa shape index (κ2) is 6.83. The first kappa shape index (κ1) is 15.7. The summed E-state index contributed by atoms with van der Waals surface area (Å²) in [7, 11) is 3.96. The van der Waals surface area contributed by atoms with Gasteiger partial charge in [-0.15, -0.1) is 0 Å². The van der Waals surface area contributed by atoms with Crippen LogP contribution in [0.25, 0.3) is 0 Å². The highest BCUT2D eigenvalue weighted by Crippen LogP contribution is 2.24. The lowest BCUT2D eigenvalue weighted by Crippen LogP contribution is -2.23. The van der Waals surface area contributed by atoms with Crippen molar-refractivity contribution in [1.82, 2.24) is 5.32 Å². The smallest absolute Gasteiger partial charge is 0.254 e. The van der Waals surface area contributed by atoms with Gasteiger partial charge in [-0.1, -0.05) is 41.4 Å². The summed E-state index contributed by atoms with van der Waals surface area (Å²) in [6.45, 7) is 0.425. The monoisotopic (exact) mass is 322 g/mol. The van der Waals surface area contributed by atoms with Crippen LogP contribution in [0.4, 0.5) is 5.69 Å². The predicted octanol–water partition coefficient (Wildman–Crippen LogP) is 3.99. The van der Waals surface area contributed by atoms with Crippen LogP contribution in [0.5, 0.6) is 0 Å². The van der Waals surface area contributed by atoms with Gasteiger partial charge in [0.15, 0.2) is 0 Å². The van der Waals surface area contributed by atoms with Gasteiger partial charge in [0.05, 0.1) is 15.6 Å². The van der Waals surface area contributed by atoms with Crippen molar-refractivity contribution in [2.24, 2.45) is 0 Å². The Morgan fingerprint density at radius 2 is 1.62 bits per heavy atom. The van der Waals surface area contributed by atoms with Gasteiger partial charge in [-0.05, 0) is 29.8 Å². The first-order valence-electron chi connectivity index (χ1n) is 6.47. The molecule has 0 aliphatic carbocycles. The highest BCUT2D eigenvalue weighted by atomic mass is 35.5. The second-order valence-electron chi connectivity index (χ2n) is 4.84. The van der Waals surface area contributed by atoms with Gasteiger partial charge in [0.2, 0.25) is 0 Å². The molecule has 0 heterocycles. The molecule has 0 aliphatic heterocycles. The van der Waals surface area contributed by atoms with E-state index in [1.54, 1.807) is 18.2 Å². The molecule has 1 N–H and O–H groups in total. The number of benzene rings is 2. The number of amides is 1. The summed E-state index contributed by atoms with van der Waals surface area (Å²) < 4.78 is 0. The second-order valence-corrected chi connectivity index (χ2v) is 5.65. The van der Waals surface area contributed by atoms with E-state index in [2.05, 4.69) is 5.32 Å². The zero-order chi connectivity index (χ0) is 15.4. The minimum absolute atomic E-state index is 0.276. The quantitative estimate of drug-likeness (QED) is 0.923. The maximum atomic E-state index is 12.1. The van der Waals surface area contributed by atoms with Crippen molar-refractivity contribution >= 4 is 34.8 Å². The Labute approximate surface area is 134 Å². The molecule has 3 nitrogen and oxygen atoms in total. The normalized spacial score (nSPS) is 10.3. The van der Waals surface area contributed by atoms with Gasteiger partial charge in [0, 0.05) is 26.3 Å². The van der Waals surface area contributed by atoms with E-state index in [1.165, 1.54) is 0 Å². The fraction of sp³-hybridized carbons (Fsp3) is 0.188. The van der Waals surface area contributed by atoms with Crippen LogP contribution >= 0.6 is 23.2 Å². The average Bonchev–Trinajstić information content (AvgIpc) is 2.45. The summed E-state index contributed by atoms with van der Waals surface area (Å²) >= 11 is 12.0. The molecule has 5 heteroatoms. The highest BCUT2D eigenvalue weighted by molar-refractivity contribution is 6.39. The number of halogens is 2. The number of rotatable bonds is 4. The Morgan fingerprint density at radius 1 is 1.05 bits per heavy atom. The van der Waals surface area contributed by atoms with Crippen molar-refractivity contribution in [3.05, 3.63) is 63.6 Å². The molecule has 110 valence electrons.